The molecule has 0 fully saturated rings. The van der Waals surface area contributed by atoms with E-state index in [4.69, 9.17) is 5.11 Å². The van der Waals surface area contributed by atoms with Crippen LogP contribution in [0.1, 0.15) is 18.9 Å². The van der Waals surface area contributed by atoms with Crippen molar-refractivity contribution in [2.75, 3.05) is 13.1 Å². The van der Waals surface area contributed by atoms with Crippen LogP contribution >= 0.6 is 0 Å². The molecule has 1 N–H and O–H groups in total. The fourth-order valence-electron chi connectivity index (χ4n) is 2.91. The van der Waals surface area contributed by atoms with Crippen molar-refractivity contribution in [1.29, 1.82) is 0 Å². The number of imidazole rings is 1. The van der Waals surface area contributed by atoms with E-state index in [0.29, 0.717) is 6.54 Å². The van der Waals surface area contributed by atoms with Gasteiger partial charge in [-0.3, -0.25) is 14.3 Å². The lowest BCUT2D eigenvalue weighted by Crippen LogP contribution is -2.30. The largest absolute Gasteiger partial charge is 0.480 e. The maximum atomic E-state index is 11.0. The number of hydrogen-bond donors (Lipinski definition) is 1. The molecule has 24 heavy (non-hydrogen) atoms. The van der Waals surface area contributed by atoms with Gasteiger partial charge in [0, 0.05) is 12.2 Å². The molecule has 0 aliphatic heterocycles. The van der Waals surface area contributed by atoms with Crippen LogP contribution < -0.4 is 0 Å². The number of hydrogen-bond acceptors (Lipinski definition) is 3. The van der Waals surface area contributed by atoms with Gasteiger partial charge in [-0.2, -0.15) is 0 Å². The van der Waals surface area contributed by atoms with Crippen molar-refractivity contribution in [3.63, 3.8) is 0 Å². The highest BCUT2D eigenvalue weighted by atomic mass is 16.4. The van der Waals surface area contributed by atoms with Gasteiger partial charge in [0.15, 0.2) is 0 Å². The molecule has 5 heteroatoms. The molecule has 0 radical (unpaired) electrons. The summed E-state index contributed by atoms with van der Waals surface area (Å²) in [5.41, 5.74) is 4.20. The van der Waals surface area contributed by atoms with Crippen LogP contribution in [0.15, 0.2) is 54.9 Å². The van der Waals surface area contributed by atoms with Crippen LogP contribution in [0, 0.1) is 0 Å². The minimum absolute atomic E-state index is 0.0712. The molecule has 1 aromatic heterocycles. The second-order valence-electron chi connectivity index (χ2n) is 5.87. The first-order chi connectivity index (χ1) is 11.7. The zero-order valence-corrected chi connectivity index (χ0v) is 13.7. The van der Waals surface area contributed by atoms with Gasteiger partial charge in [-0.15, -0.1) is 0 Å². The number of para-hydroxylation sites is 2. The quantitative estimate of drug-likeness (QED) is 0.724. The first kappa shape index (κ1) is 16.2. The van der Waals surface area contributed by atoms with E-state index in [2.05, 4.69) is 28.6 Å². The molecule has 0 amide bonds. The lowest BCUT2D eigenvalue weighted by Gasteiger charge is -2.19. The van der Waals surface area contributed by atoms with Crippen molar-refractivity contribution in [2.45, 2.75) is 19.9 Å². The summed E-state index contributed by atoms with van der Waals surface area (Å²) in [6.07, 6.45) is 2.76. The van der Waals surface area contributed by atoms with Crippen LogP contribution in [0.25, 0.3) is 16.7 Å². The lowest BCUT2D eigenvalue weighted by molar-refractivity contribution is -0.138. The second-order valence-corrected chi connectivity index (χ2v) is 5.87. The fourth-order valence-corrected chi connectivity index (χ4v) is 2.91. The predicted molar refractivity (Wildman–Crippen MR) is 94.3 cm³/mol. The molecule has 0 atom stereocenters. The second kappa shape index (κ2) is 7.27. The summed E-state index contributed by atoms with van der Waals surface area (Å²) in [6, 6.07) is 16.2. The van der Waals surface area contributed by atoms with Crippen LogP contribution in [0.3, 0.4) is 0 Å². The first-order valence-electron chi connectivity index (χ1n) is 8.13. The van der Waals surface area contributed by atoms with Crippen molar-refractivity contribution < 1.29 is 9.90 Å². The van der Waals surface area contributed by atoms with E-state index in [1.165, 1.54) is 0 Å². The summed E-state index contributed by atoms with van der Waals surface area (Å²) in [7, 11) is 0. The van der Waals surface area contributed by atoms with Gasteiger partial charge in [-0.05, 0) is 42.8 Å². The summed E-state index contributed by atoms with van der Waals surface area (Å²) in [6.45, 7) is 3.55. The Kier molecular flexibility index (Phi) is 4.91. The number of carbonyl (C=O) groups is 1. The van der Waals surface area contributed by atoms with Gasteiger partial charge < -0.3 is 5.11 Å². The van der Waals surface area contributed by atoms with Crippen molar-refractivity contribution >= 4 is 17.0 Å². The van der Waals surface area contributed by atoms with Crippen LogP contribution in [0.2, 0.25) is 0 Å². The smallest absolute Gasteiger partial charge is 0.317 e. The molecule has 124 valence electrons. The highest BCUT2D eigenvalue weighted by molar-refractivity contribution is 5.77. The van der Waals surface area contributed by atoms with E-state index in [1.54, 1.807) is 0 Å². The van der Waals surface area contributed by atoms with Gasteiger partial charge in [0.1, 0.15) is 6.33 Å². The van der Waals surface area contributed by atoms with Crippen LogP contribution in [-0.2, 0) is 11.3 Å². The number of carboxylic acid groups (broad SMARTS) is 1. The van der Waals surface area contributed by atoms with Gasteiger partial charge >= 0.3 is 5.97 Å². The van der Waals surface area contributed by atoms with Gasteiger partial charge in [-0.25, -0.2) is 4.98 Å². The Hall–Kier alpha value is -2.66. The molecule has 1 heterocycles. The van der Waals surface area contributed by atoms with E-state index in [-0.39, 0.29) is 6.54 Å². The van der Waals surface area contributed by atoms with Gasteiger partial charge in [-0.1, -0.05) is 31.2 Å². The molecule has 2 aromatic carbocycles. The molecule has 0 spiro atoms. The minimum Gasteiger partial charge on any atom is -0.480 e. The third-order valence-electron chi connectivity index (χ3n) is 3.97. The van der Waals surface area contributed by atoms with Crippen LogP contribution in [0.5, 0.6) is 0 Å². The summed E-state index contributed by atoms with van der Waals surface area (Å²) in [4.78, 5) is 17.3. The van der Waals surface area contributed by atoms with Crippen molar-refractivity contribution in [3.8, 4) is 5.69 Å². The molecule has 0 unspecified atom stereocenters. The fraction of sp³-hybridized carbons (Fsp3) is 0.263. The first-order valence-corrected chi connectivity index (χ1v) is 8.13. The highest BCUT2D eigenvalue weighted by Gasteiger charge is 2.10. The number of rotatable bonds is 7. The molecular formula is C19H21N3O2. The summed E-state index contributed by atoms with van der Waals surface area (Å²) < 4.78 is 2.06. The third kappa shape index (κ3) is 3.63. The van der Waals surface area contributed by atoms with E-state index >= 15 is 0 Å². The van der Waals surface area contributed by atoms with E-state index in [1.807, 2.05) is 47.6 Å². The third-order valence-corrected chi connectivity index (χ3v) is 3.97. The molecule has 0 aliphatic rings. The molecule has 3 aromatic rings. The maximum Gasteiger partial charge on any atom is 0.317 e. The zero-order chi connectivity index (χ0) is 16.9. The molecule has 0 bridgehead atoms. The molecular weight excluding hydrogens is 302 g/mol. The number of nitrogens with zero attached hydrogens (tertiary/aromatic N) is 3. The number of benzene rings is 2. The monoisotopic (exact) mass is 323 g/mol. The highest BCUT2D eigenvalue weighted by Crippen LogP contribution is 2.18. The molecule has 0 aliphatic carbocycles. The Bertz CT molecular complexity index is 824. The number of carboxylic acids is 1. The molecule has 5 nitrogen and oxygen atoms in total. The Morgan fingerprint density at radius 3 is 2.62 bits per heavy atom. The predicted octanol–water partition coefficient (Wildman–Crippen LogP) is 3.32. The number of aliphatic carboxylic acids is 1. The Balaban J connectivity index is 1.79. The van der Waals surface area contributed by atoms with Crippen LogP contribution in [0.4, 0.5) is 0 Å². The van der Waals surface area contributed by atoms with Crippen molar-refractivity contribution in [1.82, 2.24) is 14.5 Å². The van der Waals surface area contributed by atoms with Gasteiger partial charge in [0.25, 0.3) is 0 Å². The normalized spacial score (nSPS) is 11.2. The molecule has 3 rings (SSSR count). The Morgan fingerprint density at radius 2 is 1.92 bits per heavy atom. The Morgan fingerprint density at radius 1 is 1.17 bits per heavy atom. The van der Waals surface area contributed by atoms with Crippen LogP contribution in [-0.4, -0.2) is 38.6 Å². The van der Waals surface area contributed by atoms with Crippen molar-refractivity contribution in [3.05, 3.63) is 60.4 Å². The average molecular weight is 323 g/mol. The number of aromatic nitrogens is 2. The van der Waals surface area contributed by atoms with Crippen molar-refractivity contribution in [2.24, 2.45) is 0 Å². The standard InChI is InChI=1S/C19H21N3O2/c1-2-11-21(13-19(23)24)12-15-7-9-16(10-8-15)22-14-20-17-5-3-4-6-18(17)22/h3-10,14H,2,11-13H2,1H3,(H,23,24). The van der Waals surface area contributed by atoms with E-state index < -0.39 is 5.97 Å². The molecule has 0 saturated heterocycles. The summed E-state index contributed by atoms with van der Waals surface area (Å²) >= 11 is 0. The van der Waals surface area contributed by atoms with Gasteiger partial charge in [0.05, 0.1) is 17.6 Å². The maximum absolute atomic E-state index is 11.0. The van der Waals surface area contributed by atoms with E-state index in [9.17, 15) is 4.79 Å². The Labute approximate surface area is 141 Å². The average Bonchev–Trinajstić information content (AvgIpc) is 2.99. The lowest BCUT2D eigenvalue weighted by atomic mass is 10.2. The SMILES string of the molecule is CCCN(CC(=O)O)Cc1ccc(-n2cnc3ccccc32)cc1. The summed E-state index contributed by atoms with van der Waals surface area (Å²) in [5.74, 6) is -0.787. The minimum atomic E-state index is -0.787. The molecule has 0 saturated carbocycles. The zero-order valence-electron chi connectivity index (χ0n) is 13.7. The van der Waals surface area contributed by atoms with Gasteiger partial charge in [0.2, 0.25) is 0 Å². The summed E-state index contributed by atoms with van der Waals surface area (Å²) in [5, 5.41) is 9.01. The van der Waals surface area contributed by atoms with E-state index in [0.717, 1.165) is 35.2 Å². The number of fused-ring (bicyclic) bond motifs is 1. The topological polar surface area (TPSA) is 58.4 Å².